The molecule has 0 bridgehead atoms. The minimum absolute atomic E-state index is 0.0803. The molecule has 0 aromatic carbocycles. The summed E-state index contributed by atoms with van der Waals surface area (Å²) in [5.74, 6) is -0.436. The van der Waals surface area contributed by atoms with E-state index in [0.717, 1.165) is 41.0 Å². The summed E-state index contributed by atoms with van der Waals surface area (Å²) in [7, 11) is 0. The standard InChI is InChI=1S/C26H31N3O4S3/c1-5-33-25(32)22-18-8-6-7-9-20(18)36-23(22)28-21(30)14-34-26-27-19(12-17-11-10-16(4)35-17)24(31)29(26)13-15(2)3/h10-12,15H,5-9,13-14H2,1-4H3,(H,28,30)/b19-12+. The molecule has 0 atom stereocenters. The second kappa shape index (κ2) is 11.7. The van der Waals surface area contributed by atoms with E-state index in [1.165, 1.54) is 28.0 Å². The van der Waals surface area contributed by atoms with Crippen LogP contribution in [0.3, 0.4) is 0 Å². The van der Waals surface area contributed by atoms with Crippen LogP contribution in [0.2, 0.25) is 0 Å². The number of aliphatic imine (C=N–C) groups is 1. The lowest BCUT2D eigenvalue weighted by Gasteiger charge is -2.19. The average molecular weight is 546 g/mol. The van der Waals surface area contributed by atoms with E-state index in [2.05, 4.69) is 10.3 Å². The van der Waals surface area contributed by atoms with Gasteiger partial charge in [0, 0.05) is 21.2 Å². The number of hydrogen-bond donors (Lipinski definition) is 1. The summed E-state index contributed by atoms with van der Waals surface area (Å²) in [4.78, 5) is 48.2. The Morgan fingerprint density at radius 3 is 2.72 bits per heavy atom. The van der Waals surface area contributed by atoms with Crippen molar-refractivity contribution in [3.63, 3.8) is 0 Å². The van der Waals surface area contributed by atoms with Crippen molar-refractivity contribution in [1.82, 2.24) is 4.90 Å². The number of fused-ring (bicyclic) bond motifs is 1. The van der Waals surface area contributed by atoms with Gasteiger partial charge in [0.05, 0.1) is 17.9 Å². The Bertz CT molecular complexity index is 1230. The van der Waals surface area contributed by atoms with E-state index in [0.29, 0.717) is 28.0 Å². The van der Waals surface area contributed by atoms with Gasteiger partial charge < -0.3 is 10.1 Å². The van der Waals surface area contributed by atoms with Crippen LogP contribution in [0, 0.1) is 12.8 Å². The fraction of sp³-hybridized carbons (Fsp3) is 0.462. The van der Waals surface area contributed by atoms with Gasteiger partial charge in [0.2, 0.25) is 5.91 Å². The van der Waals surface area contributed by atoms with Crippen LogP contribution in [0.15, 0.2) is 22.8 Å². The molecule has 0 radical (unpaired) electrons. The number of ether oxygens (including phenoxy) is 1. The van der Waals surface area contributed by atoms with Crippen LogP contribution in [0.1, 0.15) is 64.2 Å². The zero-order valence-corrected chi connectivity index (χ0v) is 23.5. The van der Waals surface area contributed by atoms with Crippen LogP contribution in [-0.2, 0) is 27.2 Å². The Kier molecular flexibility index (Phi) is 8.69. The Morgan fingerprint density at radius 1 is 1.25 bits per heavy atom. The van der Waals surface area contributed by atoms with Gasteiger partial charge in [-0.15, -0.1) is 22.7 Å². The van der Waals surface area contributed by atoms with Crippen LogP contribution in [0.5, 0.6) is 0 Å². The number of amides is 2. The lowest BCUT2D eigenvalue weighted by Crippen LogP contribution is -2.34. The molecule has 2 amide bonds. The quantitative estimate of drug-likeness (QED) is 0.338. The third kappa shape index (κ3) is 6.10. The number of rotatable bonds is 8. The Hall–Kier alpha value is -2.43. The zero-order chi connectivity index (χ0) is 25.8. The van der Waals surface area contributed by atoms with Crippen molar-refractivity contribution in [2.24, 2.45) is 10.9 Å². The lowest BCUT2D eigenvalue weighted by molar-refractivity contribution is -0.123. The maximum atomic E-state index is 13.1. The fourth-order valence-corrected chi connectivity index (χ4v) is 7.12. The topological polar surface area (TPSA) is 88.1 Å². The van der Waals surface area contributed by atoms with Gasteiger partial charge in [-0.05, 0) is 69.2 Å². The van der Waals surface area contributed by atoms with Crippen molar-refractivity contribution < 1.29 is 19.1 Å². The second-order valence-corrected chi connectivity index (χ2v) is 12.5. The molecule has 1 N–H and O–H groups in total. The number of amidine groups is 1. The van der Waals surface area contributed by atoms with Gasteiger partial charge in [-0.2, -0.15) is 0 Å². The summed E-state index contributed by atoms with van der Waals surface area (Å²) in [5.41, 5.74) is 1.90. The van der Waals surface area contributed by atoms with Gasteiger partial charge >= 0.3 is 5.97 Å². The van der Waals surface area contributed by atoms with E-state index in [4.69, 9.17) is 4.74 Å². The van der Waals surface area contributed by atoms with Crippen molar-refractivity contribution in [1.29, 1.82) is 0 Å². The van der Waals surface area contributed by atoms with Gasteiger partial charge in [-0.3, -0.25) is 14.5 Å². The maximum Gasteiger partial charge on any atom is 0.341 e. The number of nitrogens with zero attached hydrogens (tertiary/aromatic N) is 2. The van der Waals surface area contributed by atoms with Crippen molar-refractivity contribution in [2.45, 2.75) is 53.4 Å². The molecule has 36 heavy (non-hydrogen) atoms. The van der Waals surface area contributed by atoms with E-state index in [1.54, 1.807) is 23.2 Å². The monoisotopic (exact) mass is 545 g/mol. The fourth-order valence-electron chi connectivity index (χ4n) is 4.20. The molecule has 0 unspecified atom stereocenters. The van der Waals surface area contributed by atoms with Gasteiger partial charge in [-0.1, -0.05) is 25.6 Å². The molecule has 10 heteroatoms. The normalized spacial score (nSPS) is 16.5. The summed E-state index contributed by atoms with van der Waals surface area (Å²) < 4.78 is 5.28. The highest BCUT2D eigenvalue weighted by atomic mass is 32.2. The van der Waals surface area contributed by atoms with Crippen LogP contribution >= 0.6 is 34.4 Å². The summed E-state index contributed by atoms with van der Waals surface area (Å²) in [6, 6.07) is 3.99. The highest BCUT2D eigenvalue weighted by Crippen LogP contribution is 2.39. The highest BCUT2D eigenvalue weighted by Gasteiger charge is 2.32. The van der Waals surface area contributed by atoms with Crippen molar-refractivity contribution in [2.75, 3.05) is 24.2 Å². The van der Waals surface area contributed by atoms with E-state index < -0.39 is 0 Å². The Morgan fingerprint density at radius 2 is 2.03 bits per heavy atom. The molecular formula is C26H31N3O4S3. The molecule has 2 aliphatic rings. The number of hydrogen-bond acceptors (Lipinski definition) is 8. The molecule has 0 saturated heterocycles. The maximum absolute atomic E-state index is 13.1. The summed E-state index contributed by atoms with van der Waals surface area (Å²) in [6.07, 6.45) is 5.66. The second-order valence-electron chi connectivity index (χ2n) is 9.15. The van der Waals surface area contributed by atoms with E-state index in [9.17, 15) is 14.4 Å². The molecule has 1 aliphatic carbocycles. The first-order chi connectivity index (χ1) is 17.3. The summed E-state index contributed by atoms with van der Waals surface area (Å²) in [5, 5.41) is 4.02. The zero-order valence-electron chi connectivity index (χ0n) is 21.0. The Balaban J connectivity index is 1.49. The van der Waals surface area contributed by atoms with Crippen molar-refractivity contribution >= 4 is 68.5 Å². The molecule has 0 spiro atoms. The minimum atomic E-state index is -0.382. The molecule has 7 nitrogen and oxygen atoms in total. The van der Waals surface area contributed by atoms with Crippen LogP contribution < -0.4 is 5.32 Å². The molecular weight excluding hydrogens is 515 g/mol. The predicted octanol–water partition coefficient (Wildman–Crippen LogP) is 5.74. The third-order valence-electron chi connectivity index (χ3n) is 5.74. The van der Waals surface area contributed by atoms with Crippen LogP contribution in [0.4, 0.5) is 5.00 Å². The number of nitrogens with one attached hydrogen (secondary N) is 1. The molecule has 0 saturated carbocycles. The largest absolute Gasteiger partial charge is 0.462 e. The summed E-state index contributed by atoms with van der Waals surface area (Å²) in [6.45, 7) is 8.70. The van der Waals surface area contributed by atoms with E-state index in [-0.39, 0.29) is 36.1 Å². The molecule has 1 aliphatic heterocycles. The smallest absolute Gasteiger partial charge is 0.341 e. The minimum Gasteiger partial charge on any atom is -0.462 e. The predicted molar refractivity (Wildman–Crippen MR) is 149 cm³/mol. The third-order valence-corrected chi connectivity index (χ3v) is 8.87. The molecule has 2 aromatic rings. The molecule has 192 valence electrons. The number of esters is 1. The SMILES string of the molecule is CCOC(=O)c1c(NC(=O)CSC2=N/C(=C/c3ccc(C)s3)C(=O)N2CC(C)C)sc2c1CCCC2. The number of anilines is 1. The number of carbonyl (C=O) groups excluding carboxylic acids is 3. The van der Waals surface area contributed by atoms with E-state index in [1.807, 2.05) is 39.0 Å². The number of aryl methyl sites for hydroxylation is 2. The van der Waals surface area contributed by atoms with Gasteiger partial charge in [0.15, 0.2) is 5.17 Å². The average Bonchev–Trinajstić information content (AvgIpc) is 3.49. The highest BCUT2D eigenvalue weighted by molar-refractivity contribution is 8.14. The number of thioether (sulfide) groups is 1. The van der Waals surface area contributed by atoms with Crippen molar-refractivity contribution in [3.05, 3.63) is 43.6 Å². The van der Waals surface area contributed by atoms with E-state index >= 15 is 0 Å². The van der Waals surface area contributed by atoms with Gasteiger partial charge in [0.1, 0.15) is 10.7 Å². The summed E-state index contributed by atoms with van der Waals surface area (Å²) >= 11 is 4.32. The van der Waals surface area contributed by atoms with Gasteiger partial charge in [0.25, 0.3) is 5.91 Å². The van der Waals surface area contributed by atoms with Gasteiger partial charge in [-0.25, -0.2) is 9.79 Å². The first-order valence-corrected chi connectivity index (χ1v) is 14.8. The first kappa shape index (κ1) is 26.6. The molecule has 2 aromatic heterocycles. The number of carbonyl (C=O) groups is 3. The Labute approximate surface area is 224 Å². The lowest BCUT2D eigenvalue weighted by atomic mass is 9.95. The van der Waals surface area contributed by atoms with Crippen LogP contribution in [-0.4, -0.2) is 46.8 Å². The molecule has 4 rings (SSSR count). The van der Waals surface area contributed by atoms with Crippen molar-refractivity contribution in [3.8, 4) is 0 Å². The molecule has 0 fully saturated rings. The molecule has 3 heterocycles. The number of thiophene rings is 2. The first-order valence-electron chi connectivity index (χ1n) is 12.2. The van der Waals surface area contributed by atoms with Crippen LogP contribution in [0.25, 0.3) is 6.08 Å².